The van der Waals surface area contributed by atoms with Gasteiger partial charge in [-0.2, -0.15) is 0 Å². The maximum absolute atomic E-state index is 12.6. The largest absolute Gasteiger partial charge is 0.494 e. The van der Waals surface area contributed by atoms with E-state index in [1.807, 2.05) is 38.1 Å². The first-order valence-electron chi connectivity index (χ1n) is 8.23. The number of anilines is 1. The van der Waals surface area contributed by atoms with Crippen LogP contribution in [0.25, 0.3) is 5.69 Å². The molecule has 0 bridgehead atoms. The van der Waals surface area contributed by atoms with E-state index < -0.39 is 0 Å². The minimum atomic E-state index is -0.329. The van der Waals surface area contributed by atoms with Crippen LogP contribution in [-0.4, -0.2) is 27.5 Å². The Morgan fingerprint density at radius 1 is 1.19 bits per heavy atom. The molecule has 0 saturated carbocycles. The van der Waals surface area contributed by atoms with E-state index >= 15 is 0 Å². The molecule has 0 spiro atoms. The van der Waals surface area contributed by atoms with Gasteiger partial charge in [-0.25, -0.2) is 4.68 Å². The Labute approximate surface area is 156 Å². The summed E-state index contributed by atoms with van der Waals surface area (Å²) in [7, 11) is 0. The zero-order valence-electron chi connectivity index (χ0n) is 14.8. The predicted molar refractivity (Wildman–Crippen MR) is 101 cm³/mol. The topological polar surface area (TPSA) is 69.0 Å². The second-order valence-electron chi connectivity index (χ2n) is 5.73. The van der Waals surface area contributed by atoms with E-state index in [9.17, 15) is 4.79 Å². The first-order valence-corrected chi connectivity index (χ1v) is 8.61. The monoisotopic (exact) mass is 370 g/mol. The van der Waals surface area contributed by atoms with Crippen LogP contribution in [-0.2, 0) is 0 Å². The molecule has 0 radical (unpaired) electrons. The lowest BCUT2D eigenvalue weighted by atomic mass is 10.2. The number of aromatic nitrogens is 3. The van der Waals surface area contributed by atoms with E-state index in [1.165, 1.54) is 0 Å². The highest BCUT2D eigenvalue weighted by Gasteiger charge is 2.18. The molecule has 26 heavy (non-hydrogen) atoms. The van der Waals surface area contributed by atoms with Crippen molar-refractivity contribution in [3.63, 3.8) is 0 Å². The molecule has 3 aromatic rings. The minimum Gasteiger partial charge on any atom is -0.494 e. The molecule has 2 aromatic carbocycles. The highest BCUT2D eigenvalue weighted by molar-refractivity contribution is 6.31. The predicted octanol–water partition coefficient (Wildman–Crippen LogP) is 4.19. The number of amides is 1. The lowest BCUT2D eigenvalue weighted by Gasteiger charge is -2.09. The van der Waals surface area contributed by atoms with Crippen LogP contribution < -0.4 is 10.1 Å². The summed E-state index contributed by atoms with van der Waals surface area (Å²) in [6.45, 7) is 6.19. The van der Waals surface area contributed by atoms with Gasteiger partial charge in [-0.1, -0.05) is 22.9 Å². The lowest BCUT2D eigenvalue weighted by molar-refractivity contribution is 0.102. The molecule has 1 aromatic heterocycles. The van der Waals surface area contributed by atoms with E-state index in [2.05, 4.69) is 15.6 Å². The van der Waals surface area contributed by atoms with Gasteiger partial charge in [0, 0.05) is 10.7 Å². The van der Waals surface area contributed by atoms with Gasteiger partial charge in [0.25, 0.3) is 5.91 Å². The smallest absolute Gasteiger partial charge is 0.278 e. The third kappa shape index (κ3) is 3.55. The van der Waals surface area contributed by atoms with Crippen LogP contribution in [0.4, 0.5) is 5.69 Å². The molecule has 0 unspecified atom stereocenters. The number of halogens is 1. The Morgan fingerprint density at radius 3 is 2.62 bits per heavy atom. The van der Waals surface area contributed by atoms with Gasteiger partial charge in [0.05, 0.1) is 18.0 Å². The zero-order valence-corrected chi connectivity index (χ0v) is 15.5. The van der Waals surface area contributed by atoms with Crippen molar-refractivity contribution in [3.8, 4) is 11.4 Å². The van der Waals surface area contributed by atoms with E-state index in [-0.39, 0.29) is 11.6 Å². The summed E-state index contributed by atoms with van der Waals surface area (Å²) in [4.78, 5) is 12.6. The summed E-state index contributed by atoms with van der Waals surface area (Å²) in [5.74, 6) is 0.452. The fraction of sp³-hybridized carbons (Fsp3) is 0.211. The van der Waals surface area contributed by atoms with Gasteiger partial charge in [-0.3, -0.25) is 4.79 Å². The maximum Gasteiger partial charge on any atom is 0.278 e. The van der Waals surface area contributed by atoms with Crippen LogP contribution in [0.2, 0.25) is 5.02 Å². The average molecular weight is 371 g/mol. The van der Waals surface area contributed by atoms with Gasteiger partial charge >= 0.3 is 0 Å². The molecule has 3 rings (SSSR count). The Kier molecular flexibility index (Phi) is 5.23. The van der Waals surface area contributed by atoms with E-state index in [4.69, 9.17) is 16.3 Å². The first kappa shape index (κ1) is 17.9. The van der Waals surface area contributed by atoms with E-state index in [0.29, 0.717) is 23.0 Å². The molecule has 6 nitrogen and oxygen atoms in total. The van der Waals surface area contributed by atoms with Crippen molar-refractivity contribution in [2.75, 3.05) is 11.9 Å². The molecule has 1 N–H and O–H groups in total. The van der Waals surface area contributed by atoms with Crippen LogP contribution in [0, 0.1) is 13.8 Å². The molecular formula is C19H19ClN4O2. The molecule has 0 aliphatic carbocycles. The van der Waals surface area contributed by atoms with Crippen molar-refractivity contribution in [3.05, 3.63) is 64.4 Å². The molecule has 0 atom stereocenters. The third-order valence-corrected chi connectivity index (χ3v) is 4.43. The van der Waals surface area contributed by atoms with Crippen molar-refractivity contribution in [1.29, 1.82) is 0 Å². The summed E-state index contributed by atoms with van der Waals surface area (Å²) in [6.07, 6.45) is 0. The number of hydrogen-bond acceptors (Lipinski definition) is 4. The SMILES string of the molecule is CCOc1ccc(-n2nnc(C(=O)Nc3cccc(Cl)c3C)c2C)cc1. The number of carbonyl (C=O) groups excluding carboxylic acids is 1. The van der Waals surface area contributed by atoms with Gasteiger partial charge in [-0.05, 0) is 62.7 Å². The van der Waals surface area contributed by atoms with Crippen LogP contribution in [0.1, 0.15) is 28.7 Å². The zero-order chi connectivity index (χ0) is 18.7. The number of nitrogens with one attached hydrogen (secondary N) is 1. The second-order valence-corrected chi connectivity index (χ2v) is 6.14. The molecule has 1 heterocycles. The fourth-order valence-corrected chi connectivity index (χ4v) is 2.73. The Balaban J connectivity index is 1.84. The van der Waals surface area contributed by atoms with Gasteiger partial charge in [0.1, 0.15) is 5.75 Å². The standard InChI is InChI=1S/C19H19ClN4O2/c1-4-26-15-10-8-14(9-11-15)24-13(3)18(22-23-24)19(25)21-17-7-5-6-16(20)12(17)2/h5-11H,4H2,1-3H3,(H,21,25). The van der Waals surface area contributed by atoms with E-state index in [1.54, 1.807) is 29.8 Å². The van der Waals surface area contributed by atoms with Crippen molar-refractivity contribution < 1.29 is 9.53 Å². The van der Waals surface area contributed by atoms with Crippen LogP contribution in [0.3, 0.4) is 0 Å². The van der Waals surface area contributed by atoms with Gasteiger partial charge in [-0.15, -0.1) is 5.10 Å². The van der Waals surface area contributed by atoms with Crippen LogP contribution >= 0.6 is 11.6 Å². The highest BCUT2D eigenvalue weighted by atomic mass is 35.5. The number of ether oxygens (including phenoxy) is 1. The summed E-state index contributed by atoms with van der Waals surface area (Å²) in [5, 5.41) is 11.6. The third-order valence-electron chi connectivity index (χ3n) is 4.02. The van der Waals surface area contributed by atoms with Gasteiger partial charge in [0.15, 0.2) is 5.69 Å². The first-order chi connectivity index (χ1) is 12.5. The summed E-state index contributed by atoms with van der Waals surface area (Å²) in [6, 6.07) is 12.8. The number of nitrogens with zero attached hydrogens (tertiary/aromatic N) is 3. The fourth-order valence-electron chi connectivity index (χ4n) is 2.56. The molecule has 0 aliphatic heterocycles. The average Bonchev–Trinajstić information content (AvgIpc) is 3.01. The normalized spacial score (nSPS) is 10.6. The van der Waals surface area contributed by atoms with Gasteiger partial charge in [0.2, 0.25) is 0 Å². The summed E-state index contributed by atoms with van der Waals surface area (Å²) >= 11 is 6.10. The van der Waals surface area contributed by atoms with Crippen molar-refractivity contribution in [2.45, 2.75) is 20.8 Å². The number of carbonyl (C=O) groups is 1. The molecule has 134 valence electrons. The second kappa shape index (κ2) is 7.58. The van der Waals surface area contributed by atoms with E-state index in [0.717, 1.165) is 17.0 Å². The number of rotatable bonds is 5. The Bertz CT molecular complexity index is 935. The molecular weight excluding hydrogens is 352 g/mol. The molecule has 0 saturated heterocycles. The highest BCUT2D eigenvalue weighted by Crippen LogP contribution is 2.24. The summed E-state index contributed by atoms with van der Waals surface area (Å²) in [5.41, 5.74) is 3.16. The van der Waals surface area contributed by atoms with Crippen molar-refractivity contribution in [1.82, 2.24) is 15.0 Å². The number of benzene rings is 2. The Morgan fingerprint density at radius 2 is 1.92 bits per heavy atom. The maximum atomic E-state index is 12.6. The van der Waals surface area contributed by atoms with Crippen molar-refractivity contribution in [2.24, 2.45) is 0 Å². The van der Waals surface area contributed by atoms with Crippen LogP contribution in [0.15, 0.2) is 42.5 Å². The van der Waals surface area contributed by atoms with Crippen molar-refractivity contribution >= 4 is 23.2 Å². The molecule has 0 fully saturated rings. The van der Waals surface area contributed by atoms with Crippen LogP contribution in [0.5, 0.6) is 5.75 Å². The van der Waals surface area contributed by atoms with Gasteiger partial charge < -0.3 is 10.1 Å². The lowest BCUT2D eigenvalue weighted by Crippen LogP contribution is -2.15. The molecule has 7 heteroatoms. The Hall–Kier alpha value is -2.86. The number of hydrogen-bond donors (Lipinski definition) is 1. The molecule has 0 aliphatic rings. The molecule has 1 amide bonds. The minimum absolute atomic E-state index is 0.262. The quantitative estimate of drug-likeness (QED) is 0.731. The summed E-state index contributed by atoms with van der Waals surface area (Å²) < 4.78 is 7.06.